The summed E-state index contributed by atoms with van der Waals surface area (Å²) >= 11 is 3.31. The third kappa shape index (κ3) is 3.70. The van der Waals surface area contributed by atoms with E-state index in [-0.39, 0.29) is 0 Å². The lowest BCUT2D eigenvalue weighted by Crippen LogP contribution is -2.30. The predicted octanol–water partition coefficient (Wildman–Crippen LogP) is 3.01. The van der Waals surface area contributed by atoms with Crippen molar-refractivity contribution < 1.29 is 14.6 Å². The van der Waals surface area contributed by atoms with Gasteiger partial charge in [-0.05, 0) is 37.0 Å². The third-order valence-electron chi connectivity index (χ3n) is 3.47. The summed E-state index contributed by atoms with van der Waals surface area (Å²) in [5.41, 5.74) is 1.10. The van der Waals surface area contributed by atoms with E-state index in [2.05, 4.69) is 15.9 Å². The van der Waals surface area contributed by atoms with Crippen LogP contribution >= 0.6 is 15.9 Å². The van der Waals surface area contributed by atoms with Gasteiger partial charge in [-0.15, -0.1) is 0 Å². The molecule has 0 saturated carbocycles. The summed E-state index contributed by atoms with van der Waals surface area (Å²) in [6.45, 7) is 2.49. The lowest BCUT2D eigenvalue weighted by Gasteiger charge is -2.29. The first-order chi connectivity index (χ1) is 9.08. The normalized spacial score (nSPS) is 16.3. The summed E-state index contributed by atoms with van der Waals surface area (Å²) in [5, 5.41) is 9.28. The molecule has 0 atom stereocenters. The summed E-state index contributed by atoms with van der Waals surface area (Å²) in [7, 11) is 1.95. The molecule has 4 nitrogen and oxygen atoms in total. The van der Waals surface area contributed by atoms with Crippen molar-refractivity contribution >= 4 is 27.6 Å². The van der Waals surface area contributed by atoms with Gasteiger partial charge in [0.25, 0.3) is 0 Å². The van der Waals surface area contributed by atoms with Crippen LogP contribution in [0.2, 0.25) is 0 Å². The Kier molecular flexibility index (Phi) is 4.82. The fourth-order valence-electron chi connectivity index (χ4n) is 2.43. The van der Waals surface area contributed by atoms with Crippen LogP contribution in [0.4, 0.5) is 5.69 Å². The fraction of sp³-hybridized carbons (Fsp3) is 0.500. The number of carbonyl (C=O) groups is 1. The molecule has 1 aromatic carbocycles. The Hall–Kier alpha value is -1.07. The average Bonchev–Trinajstić information content (AvgIpc) is 2.39. The van der Waals surface area contributed by atoms with Crippen LogP contribution in [0.25, 0.3) is 0 Å². The fourth-order valence-corrected chi connectivity index (χ4v) is 2.79. The highest BCUT2D eigenvalue weighted by Crippen LogP contribution is 2.26. The van der Waals surface area contributed by atoms with E-state index in [0.717, 1.165) is 42.8 Å². The molecule has 1 N–H and O–H groups in total. The van der Waals surface area contributed by atoms with E-state index in [0.29, 0.717) is 11.5 Å². The van der Waals surface area contributed by atoms with Gasteiger partial charge in [-0.25, -0.2) is 4.79 Å². The molecule has 1 saturated heterocycles. The lowest BCUT2D eigenvalue weighted by atomic mass is 9.99. The maximum atomic E-state index is 11.3. The molecular weight excluding hydrogens is 310 g/mol. The van der Waals surface area contributed by atoms with Crippen LogP contribution in [0.1, 0.15) is 23.2 Å². The minimum atomic E-state index is -0.893. The number of anilines is 1. The zero-order valence-corrected chi connectivity index (χ0v) is 12.5. The van der Waals surface area contributed by atoms with Crippen molar-refractivity contribution in [2.75, 3.05) is 31.7 Å². The smallest absolute Gasteiger partial charge is 0.337 e. The highest BCUT2D eigenvalue weighted by atomic mass is 79.9. The summed E-state index contributed by atoms with van der Waals surface area (Å²) in [6.07, 6.45) is 2.09. The van der Waals surface area contributed by atoms with E-state index in [1.807, 2.05) is 24.1 Å². The number of benzene rings is 1. The lowest BCUT2D eigenvalue weighted by molar-refractivity contribution is 0.0678. The molecule has 0 aliphatic carbocycles. The van der Waals surface area contributed by atoms with Crippen molar-refractivity contribution in [3.8, 4) is 0 Å². The van der Waals surface area contributed by atoms with Crippen molar-refractivity contribution in [1.29, 1.82) is 0 Å². The van der Waals surface area contributed by atoms with E-state index in [9.17, 15) is 9.90 Å². The highest BCUT2D eigenvalue weighted by molar-refractivity contribution is 9.10. The zero-order valence-electron chi connectivity index (χ0n) is 10.9. The first-order valence-corrected chi connectivity index (χ1v) is 7.19. The van der Waals surface area contributed by atoms with Gasteiger partial charge in [-0.2, -0.15) is 0 Å². The SMILES string of the molecule is CN(CC1CCOCC1)c1ccc(Br)cc1C(=O)O. The Balaban J connectivity index is 2.13. The van der Waals surface area contributed by atoms with E-state index in [4.69, 9.17) is 4.74 Å². The van der Waals surface area contributed by atoms with Gasteiger partial charge >= 0.3 is 5.97 Å². The largest absolute Gasteiger partial charge is 0.478 e. The number of halogens is 1. The van der Waals surface area contributed by atoms with Crippen molar-refractivity contribution in [3.05, 3.63) is 28.2 Å². The molecule has 19 heavy (non-hydrogen) atoms. The maximum absolute atomic E-state index is 11.3. The van der Waals surface area contributed by atoms with E-state index < -0.39 is 5.97 Å². The number of aromatic carboxylic acids is 1. The minimum absolute atomic E-state index is 0.337. The maximum Gasteiger partial charge on any atom is 0.337 e. The van der Waals surface area contributed by atoms with Crippen LogP contribution in [0.15, 0.2) is 22.7 Å². The minimum Gasteiger partial charge on any atom is -0.478 e. The predicted molar refractivity (Wildman–Crippen MR) is 77.9 cm³/mol. The van der Waals surface area contributed by atoms with Crippen molar-refractivity contribution in [2.24, 2.45) is 5.92 Å². The number of rotatable bonds is 4. The first-order valence-electron chi connectivity index (χ1n) is 6.39. The Morgan fingerprint density at radius 1 is 1.47 bits per heavy atom. The second-order valence-corrected chi connectivity index (χ2v) is 5.82. The molecule has 1 heterocycles. The van der Waals surface area contributed by atoms with Crippen LogP contribution in [0.3, 0.4) is 0 Å². The van der Waals surface area contributed by atoms with Gasteiger partial charge in [0, 0.05) is 31.3 Å². The molecule has 0 unspecified atom stereocenters. The number of carboxylic acid groups (broad SMARTS) is 1. The molecule has 0 amide bonds. The van der Waals surface area contributed by atoms with E-state index in [1.165, 1.54) is 0 Å². The van der Waals surface area contributed by atoms with Gasteiger partial charge in [0.05, 0.1) is 11.3 Å². The van der Waals surface area contributed by atoms with Gasteiger partial charge in [-0.3, -0.25) is 0 Å². The molecule has 0 radical (unpaired) electrons. The second-order valence-electron chi connectivity index (χ2n) is 4.90. The number of hydrogen-bond acceptors (Lipinski definition) is 3. The molecule has 0 spiro atoms. The monoisotopic (exact) mass is 327 g/mol. The summed E-state index contributed by atoms with van der Waals surface area (Å²) < 4.78 is 6.13. The summed E-state index contributed by atoms with van der Waals surface area (Å²) in [4.78, 5) is 13.3. The van der Waals surface area contributed by atoms with Gasteiger partial charge < -0.3 is 14.7 Å². The van der Waals surface area contributed by atoms with Gasteiger partial charge in [-0.1, -0.05) is 15.9 Å². The highest BCUT2D eigenvalue weighted by Gasteiger charge is 2.19. The van der Waals surface area contributed by atoms with Crippen LogP contribution in [0.5, 0.6) is 0 Å². The Labute approximate surface area is 121 Å². The average molecular weight is 328 g/mol. The standard InChI is InChI=1S/C14H18BrNO3/c1-16(9-10-4-6-19-7-5-10)13-3-2-11(15)8-12(13)14(17)18/h2-3,8,10H,4-7,9H2,1H3,(H,17,18). The molecule has 5 heteroatoms. The number of hydrogen-bond donors (Lipinski definition) is 1. The van der Waals surface area contributed by atoms with Crippen molar-refractivity contribution in [2.45, 2.75) is 12.8 Å². The quantitative estimate of drug-likeness (QED) is 0.923. The van der Waals surface area contributed by atoms with Crippen LogP contribution in [-0.4, -0.2) is 37.9 Å². The molecule has 0 aromatic heterocycles. The molecule has 2 rings (SSSR count). The third-order valence-corrected chi connectivity index (χ3v) is 3.97. The molecule has 104 valence electrons. The zero-order chi connectivity index (χ0) is 13.8. The summed E-state index contributed by atoms with van der Waals surface area (Å²) in [6, 6.07) is 5.38. The Morgan fingerprint density at radius 3 is 2.79 bits per heavy atom. The molecule has 1 aliphatic heterocycles. The van der Waals surface area contributed by atoms with Gasteiger partial charge in [0.2, 0.25) is 0 Å². The van der Waals surface area contributed by atoms with Crippen molar-refractivity contribution in [3.63, 3.8) is 0 Å². The van der Waals surface area contributed by atoms with Crippen LogP contribution in [0, 0.1) is 5.92 Å². The molecule has 1 aromatic rings. The molecular formula is C14H18BrNO3. The van der Waals surface area contributed by atoms with E-state index in [1.54, 1.807) is 6.07 Å². The van der Waals surface area contributed by atoms with Crippen LogP contribution in [-0.2, 0) is 4.74 Å². The molecule has 0 bridgehead atoms. The number of ether oxygens (including phenoxy) is 1. The Bertz CT molecular complexity index is 458. The summed E-state index contributed by atoms with van der Waals surface area (Å²) in [5.74, 6) is -0.320. The molecule has 1 aliphatic rings. The van der Waals surface area contributed by atoms with Crippen LogP contribution < -0.4 is 4.90 Å². The number of nitrogens with zero attached hydrogens (tertiary/aromatic N) is 1. The van der Waals surface area contributed by atoms with E-state index >= 15 is 0 Å². The topological polar surface area (TPSA) is 49.8 Å². The van der Waals surface area contributed by atoms with Gasteiger partial charge in [0.1, 0.15) is 0 Å². The second kappa shape index (κ2) is 6.39. The first kappa shape index (κ1) is 14.3. The Morgan fingerprint density at radius 2 is 2.16 bits per heavy atom. The van der Waals surface area contributed by atoms with Crippen molar-refractivity contribution in [1.82, 2.24) is 0 Å². The molecule has 1 fully saturated rings. The van der Waals surface area contributed by atoms with Gasteiger partial charge in [0.15, 0.2) is 0 Å². The number of carboxylic acids is 1.